The number of hydrogen-bond donors (Lipinski definition) is 0. The Bertz CT molecular complexity index is 1280. The highest BCUT2D eigenvalue weighted by Gasteiger charge is 2.19. The first kappa shape index (κ1) is 56.1. The third-order valence-electron chi connectivity index (χ3n) is 9.47. The number of rotatable bonds is 41. The van der Waals surface area contributed by atoms with E-state index >= 15 is 0 Å². The Balaban J connectivity index is 4.48. The number of carbonyl (C=O) groups excluding carboxylic acids is 3. The molecule has 6 nitrogen and oxygen atoms in total. The lowest BCUT2D eigenvalue weighted by molar-refractivity contribution is -0.167. The van der Waals surface area contributed by atoms with Crippen molar-refractivity contribution < 1.29 is 28.6 Å². The molecular formula is C54H86O6. The molecule has 1 atom stereocenters. The largest absolute Gasteiger partial charge is 0.462 e. The van der Waals surface area contributed by atoms with E-state index in [1.807, 2.05) is 0 Å². The van der Waals surface area contributed by atoms with Crippen LogP contribution >= 0.6 is 0 Å². The van der Waals surface area contributed by atoms with Gasteiger partial charge in [-0.25, -0.2) is 0 Å². The lowest BCUT2D eigenvalue weighted by Gasteiger charge is -2.18. The van der Waals surface area contributed by atoms with Gasteiger partial charge >= 0.3 is 17.9 Å². The summed E-state index contributed by atoms with van der Waals surface area (Å²) in [5, 5.41) is 0. The molecule has 6 heteroatoms. The van der Waals surface area contributed by atoms with Crippen LogP contribution < -0.4 is 0 Å². The van der Waals surface area contributed by atoms with Crippen LogP contribution in [0.5, 0.6) is 0 Å². The van der Waals surface area contributed by atoms with E-state index in [1.54, 1.807) is 0 Å². The van der Waals surface area contributed by atoms with Gasteiger partial charge in [0.15, 0.2) is 6.10 Å². The molecule has 0 amide bonds. The van der Waals surface area contributed by atoms with Crippen molar-refractivity contribution in [2.45, 2.75) is 200 Å². The maximum absolute atomic E-state index is 12.7. The third kappa shape index (κ3) is 45.2. The normalized spacial score (nSPS) is 13.1. The van der Waals surface area contributed by atoms with Gasteiger partial charge in [-0.2, -0.15) is 0 Å². The highest BCUT2D eigenvalue weighted by molar-refractivity contribution is 5.71. The molecule has 0 spiro atoms. The predicted octanol–water partition coefficient (Wildman–Crippen LogP) is 15.6. The van der Waals surface area contributed by atoms with E-state index < -0.39 is 6.10 Å². The number of allylic oxidation sites excluding steroid dienone is 18. The molecule has 0 heterocycles. The third-order valence-corrected chi connectivity index (χ3v) is 9.47. The lowest BCUT2D eigenvalue weighted by Crippen LogP contribution is -2.30. The monoisotopic (exact) mass is 831 g/mol. The molecule has 0 N–H and O–H groups in total. The maximum atomic E-state index is 12.7. The summed E-state index contributed by atoms with van der Waals surface area (Å²) in [5.74, 6) is -0.992. The number of carbonyl (C=O) groups is 3. The molecule has 0 rings (SSSR count). The lowest BCUT2D eigenvalue weighted by atomic mass is 10.1. The van der Waals surface area contributed by atoms with Crippen molar-refractivity contribution in [3.8, 4) is 0 Å². The van der Waals surface area contributed by atoms with Crippen molar-refractivity contribution in [2.75, 3.05) is 13.2 Å². The van der Waals surface area contributed by atoms with Crippen LogP contribution in [0.3, 0.4) is 0 Å². The zero-order chi connectivity index (χ0) is 43.7. The van der Waals surface area contributed by atoms with Crippen LogP contribution in [-0.2, 0) is 28.6 Å². The van der Waals surface area contributed by atoms with E-state index in [-0.39, 0.29) is 37.5 Å². The van der Waals surface area contributed by atoms with Gasteiger partial charge in [-0.05, 0) is 116 Å². The van der Waals surface area contributed by atoms with Crippen molar-refractivity contribution in [3.05, 3.63) is 109 Å². The fraction of sp³-hybridized carbons (Fsp3) is 0.611. The van der Waals surface area contributed by atoms with E-state index in [4.69, 9.17) is 14.2 Å². The van der Waals surface area contributed by atoms with Crippen LogP contribution in [-0.4, -0.2) is 37.2 Å². The summed E-state index contributed by atoms with van der Waals surface area (Å²) < 4.78 is 16.7. The quantitative estimate of drug-likeness (QED) is 0.0264. The standard InChI is InChI=1S/C54H86O6/c1-4-7-10-13-16-19-22-24-25-26-27-28-29-31-32-35-38-41-44-47-53(56)59-50-51(49-58-52(55)46-43-40-37-34-21-18-15-12-9-6-3)60-54(57)48-45-42-39-36-33-30-23-20-17-14-11-8-5-2/h7-8,10-12,15-17,19-20,24-25,27-28,30-33,51H,4-6,9,13-14,18,21-23,26,29,34-50H2,1-3H3/b10-7-,11-8-,15-12-,19-16-,20-17-,25-24-,28-27-,32-31-,33-30-. The molecule has 0 aliphatic heterocycles. The van der Waals surface area contributed by atoms with Gasteiger partial charge in [0.1, 0.15) is 13.2 Å². The molecule has 60 heavy (non-hydrogen) atoms. The van der Waals surface area contributed by atoms with Crippen LogP contribution in [0, 0.1) is 0 Å². The smallest absolute Gasteiger partial charge is 0.306 e. The molecule has 0 saturated carbocycles. The summed E-state index contributed by atoms with van der Waals surface area (Å²) in [6, 6.07) is 0. The molecular weight excluding hydrogens is 745 g/mol. The van der Waals surface area contributed by atoms with Gasteiger partial charge in [0.25, 0.3) is 0 Å². The first-order valence-corrected chi connectivity index (χ1v) is 23.9. The molecule has 338 valence electrons. The van der Waals surface area contributed by atoms with Crippen molar-refractivity contribution in [1.82, 2.24) is 0 Å². The molecule has 0 aromatic heterocycles. The van der Waals surface area contributed by atoms with Crippen molar-refractivity contribution in [1.29, 1.82) is 0 Å². The van der Waals surface area contributed by atoms with E-state index in [1.165, 1.54) is 12.8 Å². The van der Waals surface area contributed by atoms with Gasteiger partial charge in [-0.15, -0.1) is 0 Å². The summed E-state index contributed by atoms with van der Waals surface area (Å²) >= 11 is 0. The van der Waals surface area contributed by atoms with Crippen LogP contribution in [0.25, 0.3) is 0 Å². The Labute approximate surface area is 368 Å². The summed E-state index contributed by atoms with van der Waals surface area (Å²) in [6.07, 6.45) is 63.6. The molecule has 0 saturated heterocycles. The minimum absolute atomic E-state index is 0.108. The van der Waals surface area contributed by atoms with Crippen molar-refractivity contribution in [3.63, 3.8) is 0 Å². The molecule has 0 aromatic carbocycles. The predicted molar refractivity (Wildman–Crippen MR) is 256 cm³/mol. The van der Waals surface area contributed by atoms with Crippen molar-refractivity contribution in [2.24, 2.45) is 0 Å². The Morgan fingerprint density at radius 1 is 0.350 bits per heavy atom. The molecule has 0 aliphatic rings. The van der Waals surface area contributed by atoms with Crippen LogP contribution in [0.4, 0.5) is 0 Å². The van der Waals surface area contributed by atoms with Crippen LogP contribution in [0.1, 0.15) is 194 Å². The summed E-state index contributed by atoms with van der Waals surface area (Å²) in [5.41, 5.74) is 0. The molecule has 0 fully saturated rings. The van der Waals surface area contributed by atoms with E-state index in [2.05, 4.69) is 130 Å². The summed E-state index contributed by atoms with van der Waals surface area (Å²) in [7, 11) is 0. The fourth-order valence-electron chi connectivity index (χ4n) is 5.95. The van der Waals surface area contributed by atoms with E-state index in [9.17, 15) is 14.4 Å². The van der Waals surface area contributed by atoms with Crippen LogP contribution in [0.2, 0.25) is 0 Å². The van der Waals surface area contributed by atoms with E-state index in [0.29, 0.717) is 12.8 Å². The van der Waals surface area contributed by atoms with E-state index in [0.717, 1.165) is 141 Å². The highest BCUT2D eigenvalue weighted by atomic mass is 16.6. The molecule has 0 bridgehead atoms. The highest BCUT2D eigenvalue weighted by Crippen LogP contribution is 2.12. The molecule has 1 unspecified atom stereocenters. The maximum Gasteiger partial charge on any atom is 0.306 e. The second-order valence-corrected chi connectivity index (χ2v) is 15.2. The Hall–Kier alpha value is -3.93. The minimum Gasteiger partial charge on any atom is -0.462 e. The van der Waals surface area contributed by atoms with Crippen LogP contribution in [0.15, 0.2) is 109 Å². The number of hydrogen-bond acceptors (Lipinski definition) is 6. The number of esters is 3. The zero-order valence-electron chi connectivity index (χ0n) is 38.4. The topological polar surface area (TPSA) is 78.9 Å². The van der Waals surface area contributed by atoms with Gasteiger partial charge in [0.05, 0.1) is 0 Å². The van der Waals surface area contributed by atoms with Gasteiger partial charge < -0.3 is 14.2 Å². The van der Waals surface area contributed by atoms with Gasteiger partial charge in [-0.1, -0.05) is 169 Å². The Morgan fingerprint density at radius 2 is 0.650 bits per heavy atom. The van der Waals surface area contributed by atoms with Crippen molar-refractivity contribution >= 4 is 17.9 Å². The number of ether oxygens (including phenoxy) is 3. The summed E-state index contributed by atoms with van der Waals surface area (Å²) in [6.45, 7) is 6.26. The zero-order valence-corrected chi connectivity index (χ0v) is 38.4. The second-order valence-electron chi connectivity index (χ2n) is 15.2. The first-order chi connectivity index (χ1) is 29.5. The average Bonchev–Trinajstić information content (AvgIpc) is 3.24. The second kappa shape index (κ2) is 47.7. The minimum atomic E-state index is -0.810. The Kier molecular flexibility index (Phi) is 44.6. The van der Waals surface area contributed by atoms with Gasteiger partial charge in [0.2, 0.25) is 0 Å². The SMILES string of the molecule is CC/C=C\C/C=C\C/C=C\C/C=C\C/C=C\CCCCCC(=O)OCC(COC(=O)CCCCCCC/C=C\CCC)OC(=O)CCCCC/C=C\C/C=C\C/C=C\CC. The number of unbranched alkanes of at least 4 members (excludes halogenated alkanes) is 12. The summed E-state index contributed by atoms with van der Waals surface area (Å²) in [4.78, 5) is 37.8. The Morgan fingerprint density at radius 3 is 1.05 bits per heavy atom. The van der Waals surface area contributed by atoms with Gasteiger partial charge in [-0.3, -0.25) is 14.4 Å². The molecule has 0 aliphatic carbocycles. The van der Waals surface area contributed by atoms with Gasteiger partial charge in [0, 0.05) is 19.3 Å². The fourth-order valence-corrected chi connectivity index (χ4v) is 5.95. The average molecular weight is 831 g/mol. The molecule has 0 aromatic rings. The molecule has 0 radical (unpaired) electrons. The first-order valence-electron chi connectivity index (χ1n) is 23.9.